The monoisotopic (exact) mass is 307 g/mol. The van der Waals surface area contributed by atoms with Crippen molar-refractivity contribution in [1.29, 1.82) is 0 Å². The number of hydrogen-bond donors (Lipinski definition) is 3. The van der Waals surface area contributed by atoms with Gasteiger partial charge in [-0.05, 0) is 24.8 Å². The minimum Gasteiger partial charge on any atom is -0.370 e. The van der Waals surface area contributed by atoms with E-state index in [9.17, 15) is 9.59 Å². The van der Waals surface area contributed by atoms with Crippen LogP contribution in [0.3, 0.4) is 0 Å². The van der Waals surface area contributed by atoms with Crippen LogP contribution in [-0.2, 0) is 16.1 Å². The smallest absolute Gasteiger partial charge is 0.226 e. The molecule has 0 atom stereocenters. The summed E-state index contributed by atoms with van der Waals surface area (Å²) in [6, 6.07) is 1.72. The van der Waals surface area contributed by atoms with Gasteiger partial charge in [-0.25, -0.2) is 0 Å². The summed E-state index contributed by atoms with van der Waals surface area (Å²) < 4.78 is 1.60. The number of rotatable bonds is 7. The van der Waals surface area contributed by atoms with Crippen LogP contribution in [0.5, 0.6) is 0 Å². The van der Waals surface area contributed by atoms with Gasteiger partial charge in [0.05, 0.1) is 0 Å². The molecule has 5 N–H and O–H groups in total. The van der Waals surface area contributed by atoms with Crippen LogP contribution < -0.4 is 16.8 Å². The Morgan fingerprint density at radius 1 is 1.32 bits per heavy atom. The molecule has 0 aliphatic heterocycles. The van der Waals surface area contributed by atoms with Crippen LogP contribution in [0.4, 0.5) is 5.82 Å². The maximum absolute atomic E-state index is 12.2. The fourth-order valence-electron chi connectivity index (χ4n) is 3.06. The number of aryl methyl sites for hydroxylation is 1. The second kappa shape index (κ2) is 7.40. The van der Waals surface area contributed by atoms with Crippen molar-refractivity contribution in [2.24, 2.45) is 16.9 Å². The molecule has 22 heavy (non-hydrogen) atoms. The first-order valence-electron chi connectivity index (χ1n) is 7.85. The number of amides is 2. The molecule has 1 fully saturated rings. The molecule has 0 spiro atoms. The van der Waals surface area contributed by atoms with Crippen molar-refractivity contribution in [3.63, 3.8) is 0 Å². The molecule has 0 bridgehead atoms. The average molecular weight is 307 g/mol. The third-order valence-corrected chi connectivity index (χ3v) is 4.38. The molecule has 7 nitrogen and oxygen atoms in total. The molecule has 1 heterocycles. The molecule has 122 valence electrons. The van der Waals surface area contributed by atoms with E-state index in [0.717, 1.165) is 25.7 Å². The van der Waals surface area contributed by atoms with Gasteiger partial charge in [-0.1, -0.05) is 19.3 Å². The van der Waals surface area contributed by atoms with Crippen molar-refractivity contribution < 1.29 is 9.59 Å². The highest BCUT2D eigenvalue weighted by Crippen LogP contribution is 2.38. The van der Waals surface area contributed by atoms with Gasteiger partial charge in [0, 0.05) is 31.6 Å². The Morgan fingerprint density at radius 2 is 2.05 bits per heavy atom. The number of nitrogens with one attached hydrogen (secondary N) is 1. The van der Waals surface area contributed by atoms with Crippen LogP contribution in [0.15, 0.2) is 12.3 Å². The largest absolute Gasteiger partial charge is 0.370 e. The van der Waals surface area contributed by atoms with Gasteiger partial charge in [-0.3, -0.25) is 14.3 Å². The molecule has 2 rings (SSSR count). The van der Waals surface area contributed by atoms with Gasteiger partial charge >= 0.3 is 0 Å². The Bertz CT molecular complexity index is 520. The third kappa shape index (κ3) is 4.56. The fraction of sp³-hybridized carbons (Fsp3) is 0.667. The predicted octanol–water partition coefficient (Wildman–Crippen LogP) is 0.996. The number of carbonyl (C=O) groups excluding carboxylic acids is 2. The second-order valence-corrected chi connectivity index (χ2v) is 6.17. The molecule has 2 amide bonds. The fourth-order valence-corrected chi connectivity index (χ4v) is 3.06. The maximum atomic E-state index is 12.2. The molecule has 0 saturated heterocycles. The maximum Gasteiger partial charge on any atom is 0.226 e. The van der Waals surface area contributed by atoms with E-state index in [1.54, 1.807) is 16.9 Å². The van der Waals surface area contributed by atoms with E-state index in [-0.39, 0.29) is 23.7 Å². The van der Waals surface area contributed by atoms with E-state index < -0.39 is 0 Å². The molecule has 1 aromatic rings. The molecule has 1 aliphatic rings. The van der Waals surface area contributed by atoms with Crippen molar-refractivity contribution in [3.8, 4) is 0 Å². The standard InChI is InChI=1S/C15H25N5O2/c16-11-15(6-2-1-3-7-15)10-14(22)18-13-5-9-20(19-13)8-4-12(17)21/h5,9H,1-4,6-8,10-11,16H2,(H2,17,21)(H,18,19,22). The first-order valence-corrected chi connectivity index (χ1v) is 7.85. The normalized spacial score (nSPS) is 17.1. The van der Waals surface area contributed by atoms with Crippen molar-refractivity contribution in [2.45, 2.75) is 51.5 Å². The summed E-state index contributed by atoms with van der Waals surface area (Å²) in [5, 5.41) is 7.02. The molecular formula is C15H25N5O2. The van der Waals surface area contributed by atoms with Crippen LogP contribution in [-0.4, -0.2) is 28.1 Å². The summed E-state index contributed by atoms with van der Waals surface area (Å²) in [5.41, 5.74) is 10.9. The number of primary amides is 1. The number of anilines is 1. The summed E-state index contributed by atoms with van der Waals surface area (Å²) in [7, 11) is 0. The van der Waals surface area contributed by atoms with E-state index >= 15 is 0 Å². The highest BCUT2D eigenvalue weighted by atomic mass is 16.2. The molecule has 1 saturated carbocycles. The van der Waals surface area contributed by atoms with Gasteiger partial charge in [0.25, 0.3) is 0 Å². The first kappa shape index (κ1) is 16.5. The Morgan fingerprint density at radius 3 is 2.68 bits per heavy atom. The van der Waals surface area contributed by atoms with Crippen molar-refractivity contribution in [2.75, 3.05) is 11.9 Å². The number of nitrogens with zero attached hydrogens (tertiary/aromatic N) is 2. The molecule has 1 aliphatic carbocycles. The lowest BCUT2D eigenvalue weighted by Gasteiger charge is -2.35. The van der Waals surface area contributed by atoms with Crippen LogP contribution in [0.1, 0.15) is 44.9 Å². The average Bonchev–Trinajstić information content (AvgIpc) is 2.93. The number of nitrogens with two attached hydrogens (primary N) is 2. The zero-order valence-corrected chi connectivity index (χ0v) is 12.9. The lowest BCUT2D eigenvalue weighted by molar-refractivity contribution is -0.119. The summed E-state index contributed by atoms with van der Waals surface area (Å²) in [6.45, 7) is 0.964. The Balaban J connectivity index is 1.87. The second-order valence-electron chi connectivity index (χ2n) is 6.17. The Hall–Kier alpha value is -1.89. The summed E-state index contributed by atoms with van der Waals surface area (Å²) >= 11 is 0. The molecule has 1 aromatic heterocycles. The molecular weight excluding hydrogens is 282 g/mol. The predicted molar refractivity (Wildman–Crippen MR) is 83.9 cm³/mol. The van der Waals surface area contributed by atoms with E-state index in [1.807, 2.05) is 0 Å². The number of aromatic nitrogens is 2. The minimum absolute atomic E-state index is 0.0486. The van der Waals surface area contributed by atoms with Crippen LogP contribution in [0, 0.1) is 5.41 Å². The quantitative estimate of drug-likeness (QED) is 0.696. The number of carbonyl (C=O) groups is 2. The van der Waals surface area contributed by atoms with E-state index in [0.29, 0.717) is 25.3 Å². The third-order valence-electron chi connectivity index (χ3n) is 4.38. The summed E-state index contributed by atoms with van der Waals surface area (Å²) in [6.07, 6.45) is 7.95. The zero-order valence-electron chi connectivity index (χ0n) is 12.9. The van der Waals surface area contributed by atoms with E-state index in [2.05, 4.69) is 10.4 Å². The van der Waals surface area contributed by atoms with Gasteiger partial charge in [-0.15, -0.1) is 0 Å². The highest BCUT2D eigenvalue weighted by molar-refractivity contribution is 5.90. The van der Waals surface area contributed by atoms with E-state index in [4.69, 9.17) is 11.5 Å². The topological polar surface area (TPSA) is 116 Å². The first-order chi connectivity index (χ1) is 10.5. The van der Waals surface area contributed by atoms with Crippen LogP contribution in [0.25, 0.3) is 0 Å². The minimum atomic E-state index is -0.372. The Labute approximate surface area is 130 Å². The molecule has 7 heteroatoms. The lowest BCUT2D eigenvalue weighted by atomic mass is 9.71. The summed E-state index contributed by atoms with van der Waals surface area (Å²) in [5.74, 6) is 0.0771. The SMILES string of the molecule is NCC1(CC(=O)Nc2ccn(CCC(N)=O)n2)CCCCC1. The van der Waals surface area contributed by atoms with Crippen LogP contribution >= 0.6 is 0 Å². The zero-order chi connectivity index (χ0) is 16.0. The summed E-state index contributed by atoms with van der Waals surface area (Å²) in [4.78, 5) is 23.0. The van der Waals surface area contributed by atoms with Crippen molar-refractivity contribution in [3.05, 3.63) is 12.3 Å². The van der Waals surface area contributed by atoms with Gasteiger partial charge in [0.1, 0.15) is 0 Å². The molecule has 0 radical (unpaired) electrons. The molecule has 0 aromatic carbocycles. The van der Waals surface area contributed by atoms with Crippen molar-refractivity contribution >= 4 is 17.6 Å². The Kier molecular flexibility index (Phi) is 5.54. The number of hydrogen-bond acceptors (Lipinski definition) is 4. The van der Waals surface area contributed by atoms with Gasteiger partial charge in [0.15, 0.2) is 5.82 Å². The van der Waals surface area contributed by atoms with Gasteiger partial charge in [-0.2, -0.15) is 5.10 Å². The van der Waals surface area contributed by atoms with Gasteiger partial charge < -0.3 is 16.8 Å². The van der Waals surface area contributed by atoms with Gasteiger partial charge in [0.2, 0.25) is 11.8 Å². The van der Waals surface area contributed by atoms with E-state index in [1.165, 1.54) is 6.42 Å². The van der Waals surface area contributed by atoms with Crippen molar-refractivity contribution in [1.82, 2.24) is 9.78 Å². The van der Waals surface area contributed by atoms with Crippen LogP contribution in [0.2, 0.25) is 0 Å². The highest BCUT2D eigenvalue weighted by Gasteiger charge is 2.33. The molecule has 0 unspecified atom stereocenters. The lowest BCUT2D eigenvalue weighted by Crippen LogP contribution is -2.36.